The Morgan fingerprint density at radius 1 is 1.28 bits per heavy atom. The van der Waals surface area contributed by atoms with E-state index in [9.17, 15) is 13.6 Å². The molecule has 0 saturated heterocycles. The molecule has 1 aromatic carbocycles. The normalized spacial score (nSPS) is 24.4. The number of carboxylic acid groups (broad SMARTS) is 1. The van der Waals surface area contributed by atoms with Crippen LogP contribution >= 0.6 is 0 Å². The summed E-state index contributed by atoms with van der Waals surface area (Å²) in [5, 5.41) is 9.14. The number of carbonyl (C=O) groups is 1. The molecule has 1 saturated carbocycles. The van der Waals surface area contributed by atoms with Crippen molar-refractivity contribution in [3.8, 4) is 11.5 Å². The highest BCUT2D eigenvalue weighted by Crippen LogP contribution is 2.65. The second kappa shape index (κ2) is 3.83. The lowest BCUT2D eigenvalue weighted by Gasteiger charge is -2.18. The Balaban J connectivity index is 2.67. The van der Waals surface area contributed by atoms with Gasteiger partial charge in [-0.15, -0.1) is 0 Å². The number of rotatable bonds is 4. The molecule has 2 rings (SSSR count). The van der Waals surface area contributed by atoms with E-state index in [0.717, 1.165) is 0 Å². The number of hydrogen-bond acceptors (Lipinski definition) is 3. The summed E-state index contributed by atoms with van der Waals surface area (Å²) >= 11 is 0. The van der Waals surface area contributed by atoms with Crippen LogP contribution in [-0.4, -0.2) is 31.2 Å². The maximum atomic E-state index is 13.5. The Hall–Kier alpha value is -1.85. The second-order valence-corrected chi connectivity index (χ2v) is 4.13. The topological polar surface area (TPSA) is 55.8 Å². The molecule has 1 unspecified atom stereocenters. The van der Waals surface area contributed by atoms with Crippen molar-refractivity contribution in [1.29, 1.82) is 0 Å². The second-order valence-electron chi connectivity index (χ2n) is 4.13. The largest absolute Gasteiger partial charge is 0.496 e. The average molecular weight is 258 g/mol. The molecule has 98 valence electrons. The van der Waals surface area contributed by atoms with Gasteiger partial charge in [0.15, 0.2) is 5.41 Å². The van der Waals surface area contributed by atoms with Crippen molar-refractivity contribution in [2.75, 3.05) is 14.2 Å². The summed E-state index contributed by atoms with van der Waals surface area (Å²) in [6.07, 6.45) is -0.744. The van der Waals surface area contributed by atoms with Crippen LogP contribution in [0.25, 0.3) is 0 Å². The van der Waals surface area contributed by atoms with E-state index in [2.05, 4.69) is 0 Å². The first-order chi connectivity index (χ1) is 8.40. The van der Waals surface area contributed by atoms with Crippen molar-refractivity contribution < 1.29 is 28.2 Å². The minimum atomic E-state index is -3.29. The Kier molecular flexibility index (Phi) is 2.68. The molecule has 1 N–H and O–H groups in total. The molecule has 18 heavy (non-hydrogen) atoms. The maximum Gasteiger partial charge on any atom is 0.320 e. The van der Waals surface area contributed by atoms with Gasteiger partial charge >= 0.3 is 5.97 Å². The number of hydrogen-bond donors (Lipinski definition) is 1. The van der Waals surface area contributed by atoms with Crippen molar-refractivity contribution in [2.24, 2.45) is 0 Å². The number of carboxylic acids is 1. The fraction of sp³-hybridized carbons (Fsp3) is 0.417. The van der Waals surface area contributed by atoms with E-state index in [1.807, 2.05) is 0 Å². The van der Waals surface area contributed by atoms with E-state index < -0.39 is 23.7 Å². The highest BCUT2D eigenvalue weighted by Gasteiger charge is 2.79. The van der Waals surface area contributed by atoms with E-state index >= 15 is 0 Å². The molecule has 1 atom stereocenters. The fourth-order valence-corrected chi connectivity index (χ4v) is 2.17. The van der Waals surface area contributed by atoms with Crippen LogP contribution in [0.2, 0.25) is 0 Å². The minimum absolute atomic E-state index is 0.0916. The third kappa shape index (κ3) is 1.45. The Labute approximate surface area is 102 Å². The van der Waals surface area contributed by atoms with Crippen LogP contribution < -0.4 is 9.47 Å². The summed E-state index contributed by atoms with van der Waals surface area (Å²) < 4.78 is 37.0. The van der Waals surface area contributed by atoms with Gasteiger partial charge in [0.2, 0.25) is 0 Å². The molecule has 1 aliphatic carbocycles. The smallest absolute Gasteiger partial charge is 0.320 e. The number of halogens is 2. The summed E-state index contributed by atoms with van der Waals surface area (Å²) in [6, 6.07) is 4.44. The SMILES string of the molecule is COc1cccc(OC)c1C1(C(=O)O)CC1(F)F. The van der Waals surface area contributed by atoms with Gasteiger partial charge in [0, 0.05) is 6.42 Å². The number of alkyl halides is 2. The van der Waals surface area contributed by atoms with Gasteiger partial charge in [-0.3, -0.25) is 4.79 Å². The predicted molar refractivity (Wildman–Crippen MR) is 58.4 cm³/mol. The van der Waals surface area contributed by atoms with E-state index in [-0.39, 0.29) is 17.1 Å². The van der Waals surface area contributed by atoms with E-state index in [1.165, 1.54) is 26.4 Å². The Morgan fingerprint density at radius 2 is 1.72 bits per heavy atom. The van der Waals surface area contributed by atoms with Crippen LogP contribution in [0, 0.1) is 0 Å². The summed E-state index contributed by atoms with van der Waals surface area (Å²) in [5.74, 6) is -4.68. The van der Waals surface area contributed by atoms with Gasteiger partial charge in [-0.25, -0.2) is 8.78 Å². The lowest BCUT2D eigenvalue weighted by Crippen LogP contribution is -2.28. The maximum absolute atomic E-state index is 13.5. The van der Waals surface area contributed by atoms with E-state index in [1.54, 1.807) is 6.07 Å². The fourth-order valence-electron chi connectivity index (χ4n) is 2.17. The van der Waals surface area contributed by atoms with Gasteiger partial charge in [0.1, 0.15) is 11.5 Å². The number of ether oxygens (including phenoxy) is 2. The number of methoxy groups -OCH3 is 2. The average Bonchev–Trinajstić information content (AvgIpc) is 2.92. The summed E-state index contributed by atoms with van der Waals surface area (Å²) in [6.45, 7) is 0. The Bertz CT molecular complexity index is 479. The van der Waals surface area contributed by atoms with Crippen LogP contribution in [0.4, 0.5) is 8.78 Å². The van der Waals surface area contributed by atoms with Crippen LogP contribution in [0.1, 0.15) is 12.0 Å². The lowest BCUT2D eigenvalue weighted by atomic mass is 9.93. The van der Waals surface area contributed by atoms with Crippen LogP contribution in [0.15, 0.2) is 18.2 Å². The standard InChI is InChI=1S/C12H12F2O4/c1-17-7-4-3-5-8(18-2)9(7)11(10(15)16)6-12(11,13)14/h3-5H,6H2,1-2H3,(H,15,16). The zero-order valence-corrected chi connectivity index (χ0v) is 9.87. The molecular weight excluding hydrogens is 246 g/mol. The molecule has 0 radical (unpaired) electrons. The van der Waals surface area contributed by atoms with Crippen LogP contribution in [0.5, 0.6) is 11.5 Å². The van der Waals surface area contributed by atoms with Crippen LogP contribution in [0.3, 0.4) is 0 Å². The molecule has 0 amide bonds. The van der Waals surface area contributed by atoms with Gasteiger partial charge in [-0.1, -0.05) is 6.07 Å². The molecule has 1 aliphatic rings. The van der Waals surface area contributed by atoms with Gasteiger partial charge in [-0.05, 0) is 12.1 Å². The molecule has 0 aliphatic heterocycles. The summed E-state index contributed by atoms with van der Waals surface area (Å²) in [5.41, 5.74) is -2.35. The molecule has 0 spiro atoms. The first-order valence-electron chi connectivity index (χ1n) is 5.23. The molecule has 0 bridgehead atoms. The monoisotopic (exact) mass is 258 g/mol. The molecule has 1 fully saturated rings. The highest BCUT2D eigenvalue weighted by molar-refractivity contribution is 5.90. The van der Waals surface area contributed by atoms with E-state index in [0.29, 0.717) is 0 Å². The third-order valence-corrected chi connectivity index (χ3v) is 3.21. The number of aliphatic carboxylic acids is 1. The van der Waals surface area contributed by atoms with Crippen molar-refractivity contribution in [3.05, 3.63) is 23.8 Å². The van der Waals surface area contributed by atoms with Crippen molar-refractivity contribution >= 4 is 5.97 Å². The van der Waals surface area contributed by atoms with E-state index in [4.69, 9.17) is 14.6 Å². The molecule has 1 aromatic rings. The van der Waals surface area contributed by atoms with Gasteiger partial charge < -0.3 is 14.6 Å². The molecule has 0 aromatic heterocycles. The van der Waals surface area contributed by atoms with Crippen molar-refractivity contribution in [2.45, 2.75) is 17.8 Å². The van der Waals surface area contributed by atoms with Crippen molar-refractivity contribution in [3.63, 3.8) is 0 Å². The summed E-state index contributed by atoms with van der Waals surface area (Å²) in [7, 11) is 2.60. The molecular formula is C12H12F2O4. The molecule has 6 heteroatoms. The molecule has 0 heterocycles. The lowest BCUT2D eigenvalue weighted by molar-refractivity contribution is -0.143. The quantitative estimate of drug-likeness (QED) is 0.898. The predicted octanol–water partition coefficient (Wildman–Crippen LogP) is 2.07. The van der Waals surface area contributed by atoms with Crippen LogP contribution in [-0.2, 0) is 10.2 Å². The summed E-state index contributed by atoms with van der Waals surface area (Å²) in [4.78, 5) is 11.2. The first-order valence-corrected chi connectivity index (χ1v) is 5.23. The zero-order valence-electron chi connectivity index (χ0n) is 9.87. The number of benzene rings is 1. The minimum Gasteiger partial charge on any atom is -0.496 e. The van der Waals surface area contributed by atoms with Crippen molar-refractivity contribution in [1.82, 2.24) is 0 Å². The highest BCUT2D eigenvalue weighted by atomic mass is 19.3. The van der Waals surface area contributed by atoms with Gasteiger partial charge in [0.05, 0.1) is 19.8 Å². The Morgan fingerprint density at radius 3 is 2.00 bits per heavy atom. The van der Waals surface area contributed by atoms with Gasteiger partial charge in [0.25, 0.3) is 5.92 Å². The zero-order chi connectivity index (χ0) is 13.6. The third-order valence-electron chi connectivity index (χ3n) is 3.21. The first kappa shape index (κ1) is 12.6. The molecule has 4 nitrogen and oxygen atoms in total. The van der Waals surface area contributed by atoms with Gasteiger partial charge in [-0.2, -0.15) is 0 Å².